The van der Waals surface area contributed by atoms with Crippen LogP contribution in [-0.4, -0.2) is 33.7 Å². The summed E-state index contributed by atoms with van der Waals surface area (Å²) in [7, 11) is -0.839. The van der Waals surface area contributed by atoms with E-state index in [9.17, 15) is 9.00 Å². The molecule has 0 fully saturated rings. The van der Waals surface area contributed by atoms with Gasteiger partial charge in [-0.3, -0.25) is 9.00 Å². The smallest absolute Gasteiger partial charge is 0.254 e. The summed E-state index contributed by atoms with van der Waals surface area (Å²) in [5, 5.41) is 2.99. The maximum Gasteiger partial charge on any atom is 0.254 e. The third-order valence-corrected chi connectivity index (χ3v) is 3.32. The van der Waals surface area contributed by atoms with Crippen molar-refractivity contribution in [3.8, 4) is 0 Å². The summed E-state index contributed by atoms with van der Waals surface area (Å²) in [6.45, 7) is 0.456. The molecule has 0 aromatic carbocycles. The number of rotatable bonds is 5. The maximum absolute atomic E-state index is 11.7. The molecule has 94 valence electrons. The first-order chi connectivity index (χ1) is 8.00. The highest BCUT2D eigenvalue weighted by atomic mass is 35.5. The van der Waals surface area contributed by atoms with E-state index in [1.807, 2.05) is 0 Å². The molecule has 7 heteroatoms. The number of pyridine rings is 1. The van der Waals surface area contributed by atoms with Crippen LogP contribution in [0.2, 0.25) is 10.3 Å². The molecule has 0 aliphatic heterocycles. The molecule has 1 aromatic heterocycles. The van der Waals surface area contributed by atoms with E-state index in [4.69, 9.17) is 23.2 Å². The molecule has 1 unspecified atom stereocenters. The lowest BCUT2D eigenvalue weighted by molar-refractivity contribution is 0.0953. The molecule has 0 saturated carbocycles. The highest BCUT2D eigenvalue weighted by molar-refractivity contribution is 7.84. The van der Waals surface area contributed by atoms with E-state index in [1.54, 1.807) is 6.26 Å². The minimum atomic E-state index is -0.839. The topological polar surface area (TPSA) is 59.1 Å². The lowest BCUT2D eigenvalue weighted by Gasteiger charge is -2.05. The van der Waals surface area contributed by atoms with Gasteiger partial charge >= 0.3 is 0 Å². The number of nitrogens with one attached hydrogen (secondary N) is 1. The largest absolute Gasteiger partial charge is 0.352 e. The van der Waals surface area contributed by atoms with Gasteiger partial charge in [-0.2, -0.15) is 0 Å². The standard InChI is InChI=1S/C10H12Cl2N2O2S/c1-17(16)6-2-5-13-10(15)7-3-4-8(11)14-9(7)12/h3-4H,2,5-6H2,1H3,(H,13,15). The van der Waals surface area contributed by atoms with E-state index in [2.05, 4.69) is 10.3 Å². The molecular weight excluding hydrogens is 283 g/mol. The summed E-state index contributed by atoms with van der Waals surface area (Å²) in [5.41, 5.74) is 0.286. The highest BCUT2D eigenvalue weighted by Gasteiger charge is 2.11. The molecule has 0 aliphatic rings. The summed E-state index contributed by atoms with van der Waals surface area (Å²) >= 11 is 11.4. The fourth-order valence-corrected chi connectivity index (χ4v) is 2.14. The lowest BCUT2D eigenvalue weighted by atomic mass is 10.2. The Morgan fingerprint density at radius 3 is 2.76 bits per heavy atom. The van der Waals surface area contributed by atoms with Gasteiger partial charge in [0.1, 0.15) is 10.3 Å². The van der Waals surface area contributed by atoms with E-state index in [0.717, 1.165) is 0 Å². The van der Waals surface area contributed by atoms with Crippen LogP contribution in [-0.2, 0) is 10.8 Å². The van der Waals surface area contributed by atoms with Crippen LogP contribution >= 0.6 is 23.2 Å². The summed E-state index contributed by atoms with van der Waals surface area (Å²) in [5.74, 6) is 0.258. The number of hydrogen-bond acceptors (Lipinski definition) is 3. The normalized spacial score (nSPS) is 12.2. The fourth-order valence-electron chi connectivity index (χ4n) is 1.15. The highest BCUT2D eigenvalue weighted by Crippen LogP contribution is 2.16. The second-order valence-electron chi connectivity index (χ2n) is 3.36. The van der Waals surface area contributed by atoms with E-state index in [1.165, 1.54) is 12.1 Å². The van der Waals surface area contributed by atoms with Crippen molar-refractivity contribution in [1.82, 2.24) is 10.3 Å². The van der Waals surface area contributed by atoms with Crippen molar-refractivity contribution in [2.45, 2.75) is 6.42 Å². The minimum absolute atomic E-state index is 0.0778. The van der Waals surface area contributed by atoms with E-state index in [0.29, 0.717) is 18.7 Å². The number of nitrogens with zero attached hydrogens (tertiary/aromatic N) is 1. The number of aromatic nitrogens is 1. The Balaban J connectivity index is 2.50. The average molecular weight is 295 g/mol. The predicted octanol–water partition coefficient (Wildman–Crippen LogP) is 1.89. The van der Waals surface area contributed by atoms with Gasteiger partial charge in [-0.15, -0.1) is 0 Å². The number of carbonyl (C=O) groups is 1. The van der Waals surface area contributed by atoms with Crippen molar-refractivity contribution in [2.24, 2.45) is 0 Å². The minimum Gasteiger partial charge on any atom is -0.352 e. The first kappa shape index (κ1) is 14.4. The number of amides is 1. The van der Waals surface area contributed by atoms with Crippen LogP contribution in [0.5, 0.6) is 0 Å². The van der Waals surface area contributed by atoms with Gasteiger partial charge in [0.25, 0.3) is 5.91 Å². The summed E-state index contributed by atoms with van der Waals surface area (Å²) in [4.78, 5) is 15.4. The summed E-state index contributed by atoms with van der Waals surface area (Å²) < 4.78 is 10.8. The van der Waals surface area contributed by atoms with E-state index in [-0.39, 0.29) is 21.8 Å². The molecule has 4 nitrogen and oxygen atoms in total. The van der Waals surface area contributed by atoms with Crippen molar-refractivity contribution in [1.29, 1.82) is 0 Å². The number of carbonyl (C=O) groups excluding carboxylic acids is 1. The second kappa shape index (κ2) is 6.93. The summed E-state index contributed by atoms with van der Waals surface area (Å²) in [6.07, 6.45) is 2.29. The van der Waals surface area contributed by atoms with E-state index >= 15 is 0 Å². The molecule has 0 saturated heterocycles. The molecule has 1 amide bonds. The van der Waals surface area contributed by atoms with Crippen LogP contribution in [0.15, 0.2) is 12.1 Å². The SMILES string of the molecule is CS(=O)CCCNC(=O)c1ccc(Cl)nc1Cl. The molecule has 1 atom stereocenters. The van der Waals surface area contributed by atoms with Gasteiger partial charge < -0.3 is 5.32 Å². The average Bonchev–Trinajstić information content (AvgIpc) is 2.23. The van der Waals surface area contributed by atoms with Gasteiger partial charge in [0.05, 0.1) is 5.56 Å². The van der Waals surface area contributed by atoms with Gasteiger partial charge in [-0.1, -0.05) is 23.2 Å². The number of hydrogen-bond donors (Lipinski definition) is 1. The zero-order chi connectivity index (χ0) is 12.8. The Morgan fingerprint density at radius 2 is 2.18 bits per heavy atom. The van der Waals surface area contributed by atoms with Crippen LogP contribution < -0.4 is 5.32 Å². The van der Waals surface area contributed by atoms with Crippen LogP contribution in [0.25, 0.3) is 0 Å². The Labute approximate surface area is 112 Å². The second-order valence-corrected chi connectivity index (χ2v) is 5.66. The quantitative estimate of drug-likeness (QED) is 0.666. The van der Waals surface area contributed by atoms with Crippen molar-refractivity contribution in [2.75, 3.05) is 18.6 Å². The maximum atomic E-state index is 11.7. The van der Waals surface area contributed by atoms with E-state index < -0.39 is 10.8 Å². The molecule has 0 radical (unpaired) electrons. The molecule has 1 heterocycles. The monoisotopic (exact) mass is 294 g/mol. The van der Waals surface area contributed by atoms with Crippen LogP contribution in [0.1, 0.15) is 16.8 Å². The Hall–Kier alpha value is -0.650. The van der Waals surface area contributed by atoms with Crippen LogP contribution in [0.3, 0.4) is 0 Å². The van der Waals surface area contributed by atoms with Gasteiger partial charge in [-0.25, -0.2) is 4.98 Å². The predicted molar refractivity (Wildman–Crippen MR) is 70.1 cm³/mol. The zero-order valence-corrected chi connectivity index (χ0v) is 11.5. The first-order valence-corrected chi connectivity index (χ1v) is 7.39. The van der Waals surface area contributed by atoms with Crippen molar-refractivity contribution < 1.29 is 9.00 Å². The summed E-state index contributed by atoms with van der Waals surface area (Å²) in [6, 6.07) is 3.02. The molecule has 1 N–H and O–H groups in total. The molecule has 0 bridgehead atoms. The van der Waals surface area contributed by atoms with Crippen molar-refractivity contribution in [3.63, 3.8) is 0 Å². The van der Waals surface area contributed by atoms with Crippen LogP contribution in [0.4, 0.5) is 0 Å². The Bertz CT molecular complexity index is 440. The van der Waals surface area contributed by atoms with Crippen LogP contribution in [0, 0.1) is 0 Å². The molecule has 1 aromatic rings. The lowest BCUT2D eigenvalue weighted by Crippen LogP contribution is -2.25. The Morgan fingerprint density at radius 1 is 1.47 bits per heavy atom. The molecule has 17 heavy (non-hydrogen) atoms. The molecule has 0 aliphatic carbocycles. The van der Waals surface area contributed by atoms with Crippen molar-refractivity contribution in [3.05, 3.63) is 28.0 Å². The molecular formula is C10H12Cl2N2O2S. The molecule has 0 spiro atoms. The third kappa shape index (κ3) is 5.02. The zero-order valence-electron chi connectivity index (χ0n) is 9.20. The van der Waals surface area contributed by atoms with Gasteiger partial charge in [0, 0.05) is 29.4 Å². The molecule has 1 rings (SSSR count). The van der Waals surface area contributed by atoms with Gasteiger partial charge in [-0.05, 0) is 18.6 Å². The Kier molecular flexibility index (Phi) is 5.88. The van der Waals surface area contributed by atoms with Crippen molar-refractivity contribution >= 4 is 39.9 Å². The third-order valence-electron chi connectivity index (χ3n) is 1.95. The number of halogens is 2. The van der Waals surface area contributed by atoms with Gasteiger partial charge in [0.15, 0.2) is 0 Å². The fraction of sp³-hybridized carbons (Fsp3) is 0.400. The van der Waals surface area contributed by atoms with Gasteiger partial charge in [0.2, 0.25) is 0 Å². The first-order valence-electron chi connectivity index (χ1n) is 4.91.